The van der Waals surface area contributed by atoms with E-state index in [2.05, 4.69) is 34.3 Å². The third-order valence-electron chi connectivity index (χ3n) is 3.69. The molecule has 0 aliphatic heterocycles. The number of halogens is 1. The van der Waals surface area contributed by atoms with Crippen LogP contribution in [0, 0.1) is 20.8 Å². The molecule has 0 unspecified atom stereocenters. The normalized spacial score (nSPS) is 10.2. The van der Waals surface area contributed by atoms with Crippen LogP contribution in [-0.2, 0) is 0 Å². The number of nitrogens with one attached hydrogen (secondary N) is 2. The van der Waals surface area contributed by atoms with Crippen LogP contribution in [0.2, 0.25) is 0 Å². The third kappa shape index (κ3) is 3.70. The molecule has 0 saturated heterocycles. The number of carbonyl (C=O) groups is 1. The van der Waals surface area contributed by atoms with Crippen molar-refractivity contribution < 1.29 is 4.79 Å². The summed E-state index contributed by atoms with van der Waals surface area (Å²) in [5, 5.41) is 5.95. The highest BCUT2D eigenvalue weighted by molar-refractivity contribution is 5.95. The minimum atomic E-state index is -0.0156. The standard InChI is InChI=1S/C17H23N3O.ClH/c1-12-7-5-6-8-16(12)20-13(2)11-15(14(20)3)17(21)19-10-9-18-4;/h5-8,11,18H,9-10H2,1-4H3,(H,19,21);1H. The third-order valence-corrected chi connectivity index (χ3v) is 3.69. The van der Waals surface area contributed by atoms with Crippen molar-refractivity contribution in [3.05, 3.63) is 52.8 Å². The summed E-state index contributed by atoms with van der Waals surface area (Å²) in [6.45, 7) is 7.50. The zero-order valence-electron chi connectivity index (χ0n) is 13.6. The van der Waals surface area contributed by atoms with Gasteiger partial charge in [-0.15, -0.1) is 12.4 Å². The lowest BCUT2D eigenvalue weighted by atomic mass is 10.2. The molecule has 0 atom stereocenters. The first-order chi connectivity index (χ1) is 10.1. The summed E-state index contributed by atoms with van der Waals surface area (Å²) in [7, 11) is 1.87. The van der Waals surface area contributed by atoms with Crippen LogP contribution in [0.3, 0.4) is 0 Å². The molecular formula is C17H24ClN3O. The van der Waals surface area contributed by atoms with E-state index in [4.69, 9.17) is 0 Å². The first-order valence-corrected chi connectivity index (χ1v) is 7.24. The zero-order valence-corrected chi connectivity index (χ0v) is 14.4. The molecule has 0 bridgehead atoms. The second-order valence-electron chi connectivity index (χ2n) is 5.27. The van der Waals surface area contributed by atoms with Gasteiger partial charge in [0.05, 0.1) is 5.56 Å². The maximum absolute atomic E-state index is 12.3. The van der Waals surface area contributed by atoms with Gasteiger partial charge in [-0.3, -0.25) is 4.79 Å². The zero-order chi connectivity index (χ0) is 15.4. The molecule has 1 amide bonds. The summed E-state index contributed by atoms with van der Waals surface area (Å²) in [6.07, 6.45) is 0. The van der Waals surface area contributed by atoms with Crippen molar-refractivity contribution in [2.75, 3.05) is 20.1 Å². The predicted octanol–water partition coefficient (Wildman–Crippen LogP) is 2.77. The van der Waals surface area contributed by atoms with Gasteiger partial charge in [0, 0.05) is 30.2 Å². The number of aromatic nitrogens is 1. The van der Waals surface area contributed by atoms with E-state index in [0.29, 0.717) is 6.54 Å². The van der Waals surface area contributed by atoms with Crippen LogP contribution in [0.15, 0.2) is 30.3 Å². The molecule has 0 radical (unpaired) electrons. The SMILES string of the molecule is CNCCNC(=O)c1cc(C)n(-c2ccccc2C)c1C.Cl. The molecule has 2 N–H and O–H groups in total. The number of aryl methyl sites for hydroxylation is 2. The van der Waals surface area contributed by atoms with E-state index in [1.807, 2.05) is 39.1 Å². The summed E-state index contributed by atoms with van der Waals surface area (Å²) in [5.41, 5.74) is 5.11. The van der Waals surface area contributed by atoms with E-state index < -0.39 is 0 Å². The number of hydrogen-bond donors (Lipinski definition) is 2. The molecule has 5 heteroatoms. The first kappa shape index (κ1) is 18.3. The number of hydrogen-bond acceptors (Lipinski definition) is 2. The number of para-hydroxylation sites is 1. The Morgan fingerprint density at radius 2 is 1.82 bits per heavy atom. The van der Waals surface area contributed by atoms with E-state index in [9.17, 15) is 4.79 Å². The van der Waals surface area contributed by atoms with Gasteiger partial charge in [-0.1, -0.05) is 18.2 Å². The molecule has 0 aliphatic carbocycles. The van der Waals surface area contributed by atoms with Gasteiger partial charge >= 0.3 is 0 Å². The molecule has 4 nitrogen and oxygen atoms in total. The van der Waals surface area contributed by atoms with Gasteiger partial charge in [-0.25, -0.2) is 0 Å². The summed E-state index contributed by atoms with van der Waals surface area (Å²) in [5.74, 6) is -0.0156. The first-order valence-electron chi connectivity index (χ1n) is 7.24. The maximum atomic E-state index is 12.3. The lowest BCUT2D eigenvalue weighted by Crippen LogP contribution is -2.30. The van der Waals surface area contributed by atoms with Crippen LogP contribution in [-0.4, -0.2) is 30.6 Å². The van der Waals surface area contributed by atoms with Crippen molar-refractivity contribution in [3.8, 4) is 5.69 Å². The second kappa shape index (κ2) is 8.01. The highest BCUT2D eigenvalue weighted by atomic mass is 35.5. The molecule has 0 fully saturated rings. The van der Waals surface area contributed by atoms with Crippen LogP contribution in [0.5, 0.6) is 0 Å². The van der Waals surface area contributed by atoms with Crippen LogP contribution >= 0.6 is 12.4 Å². The molecule has 0 aliphatic rings. The minimum absolute atomic E-state index is 0. The molecule has 0 saturated carbocycles. The van der Waals surface area contributed by atoms with Crippen LogP contribution in [0.4, 0.5) is 0 Å². The molecule has 120 valence electrons. The van der Waals surface area contributed by atoms with E-state index >= 15 is 0 Å². The van der Waals surface area contributed by atoms with Gasteiger partial charge in [0.15, 0.2) is 0 Å². The average Bonchev–Trinajstić information content (AvgIpc) is 2.75. The van der Waals surface area contributed by atoms with Crippen molar-refractivity contribution in [1.29, 1.82) is 0 Å². The Balaban J connectivity index is 0.00000242. The smallest absolute Gasteiger partial charge is 0.253 e. The lowest BCUT2D eigenvalue weighted by Gasteiger charge is -2.12. The van der Waals surface area contributed by atoms with Crippen LogP contribution in [0.25, 0.3) is 5.69 Å². The number of benzene rings is 1. The van der Waals surface area contributed by atoms with Gasteiger partial charge in [-0.2, -0.15) is 0 Å². The van der Waals surface area contributed by atoms with Crippen molar-refractivity contribution in [1.82, 2.24) is 15.2 Å². The number of nitrogens with zero attached hydrogens (tertiary/aromatic N) is 1. The summed E-state index contributed by atoms with van der Waals surface area (Å²) in [4.78, 5) is 12.3. The fourth-order valence-corrected chi connectivity index (χ4v) is 2.57. The predicted molar refractivity (Wildman–Crippen MR) is 93.5 cm³/mol. The van der Waals surface area contributed by atoms with E-state index in [0.717, 1.165) is 29.2 Å². The van der Waals surface area contributed by atoms with E-state index in [1.165, 1.54) is 5.56 Å². The van der Waals surface area contributed by atoms with Crippen molar-refractivity contribution in [2.45, 2.75) is 20.8 Å². The number of carbonyl (C=O) groups excluding carboxylic acids is 1. The Morgan fingerprint density at radius 3 is 2.45 bits per heavy atom. The summed E-state index contributed by atoms with van der Waals surface area (Å²) < 4.78 is 2.14. The molecule has 2 aromatic rings. The van der Waals surface area contributed by atoms with Crippen LogP contribution in [0.1, 0.15) is 27.3 Å². The molecule has 1 aromatic carbocycles. The van der Waals surface area contributed by atoms with Gasteiger partial charge in [0.1, 0.15) is 0 Å². The maximum Gasteiger partial charge on any atom is 0.253 e. The van der Waals surface area contributed by atoms with E-state index in [1.54, 1.807) is 0 Å². The summed E-state index contributed by atoms with van der Waals surface area (Å²) in [6, 6.07) is 10.2. The number of likely N-dealkylation sites (N-methyl/N-ethyl adjacent to an activating group) is 1. The van der Waals surface area contributed by atoms with Gasteiger partial charge < -0.3 is 15.2 Å². The van der Waals surface area contributed by atoms with Gasteiger partial charge in [0.2, 0.25) is 0 Å². The van der Waals surface area contributed by atoms with Crippen molar-refractivity contribution in [3.63, 3.8) is 0 Å². The Morgan fingerprint density at radius 1 is 1.14 bits per heavy atom. The molecule has 22 heavy (non-hydrogen) atoms. The second-order valence-corrected chi connectivity index (χ2v) is 5.27. The summed E-state index contributed by atoms with van der Waals surface area (Å²) >= 11 is 0. The topological polar surface area (TPSA) is 46.1 Å². The van der Waals surface area contributed by atoms with Gasteiger partial charge in [0.25, 0.3) is 5.91 Å². The molecule has 1 heterocycles. The fourth-order valence-electron chi connectivity index (χ4n) is 2.57. The monoisotopic (exact) mass is 321 g/mol. The molecule has 2 rings (SSSR count). The Kier molecular flexibility index (Phi) is 6.65. The lowest BCUT2D eigenvalue weighted by molar-refractivity contribution is 0.0953. The average molecular weight is 322 g/mol. The Hall–Kier alpha value is -1.78. The molecule has 0 spiro atoms. The van der Waals surface area contributed by atoms with E-state index in [-0.39, 0.29) is 18.3 Å². The largest absolute Gasteiger partial charge is 0.351 e. The fraction of sp³-hybridized carbons (Fsp3) is 0.353. The molecule has 1 aromatic heterocycles. The Bertz CT molecular complexity index is 649. The highest BCUT2D eigenvalue weighted by Gasteiger charge is 2.16. The van der Waals surface area contributed by atoms with Crippen molar-refractivity contribution >= 4 is 18.3 Å². The number of amides is 1. The quantitative estimate of drug-likeness (QED) is 0.832. The molecular weight excluding hydrogens is 298 g/mol. The van der Waals surface area contributed by atoms with Crippen LogP contribution < -0.4 is 10.6 Å². The van der Waals surface area contributed by atoms with Crippen molar-refractivity contribution in [2.24, 2.45) is 0 Å². The highest BCUT2D eigenvalue weighted by Crippen LogP contribution is 2.23. The number of rotatable bonds is 5. The Labute approximate surface area is 138 Å². The van der Waals surface area contributed by atoms with Gasteiger partial charge in [-0.05, 0) is 45.5 Å². The minimum Gasteiger partial charge on any atom is -0.351 e.